The van der Waals surface area contributed by atoms with Crippen molar-refractivity contribution in [3.8, 4) is 0 Å². The molecule has 14 heavy (non-hydrogen) atoms. The summed E-state index contributed by atoms with van der Waals surface area (Å²) in [6.45, 7) is 0.154. The first-order valence-electron chi connectivity index (χ1n) is 5.19. The van der Waals surface area contributed by atoms with Crippen LogP contribution in [0.3, 0.4) is 0 Å². The van der Waals surface area contributed by atoms with Crippen molar-refractivity contribution < 1.29 is 14.6 Å². The quantitative estimate of drug-likeness (QED) is 0.446. The molecule has 6 atom stereocenters. The molecule has 0 aromatic rings. The van der Waals surface area contributed by atoms with Crippen LogP contribution in [0.15, 0.2) is 0 Å². The van der Waals surface area contributed by atoms with Crippen molar-refractivity contribution >= 4 is 28.6 Å². The van der Waals surface area contributed by atoms with Gasteiger partial charge in [0.05, 0.1) is 9.84 Å². The van der Waals surface area contributed by atoms with Crippen LogP contribution in [0.1, 0.15) is 12.8 Å². The van der Waals surface area contributed by atoms with Gasteiger partial charge < -0.3 is 9.84 Å². The number of alkyl halides is 1. The molecular formula is C10H13IO3. The van der Waals surface area contributed by atoms with Crippen molar-refractivity contribution in [1.82, 2.24) is 0 Å². The Morgan fingerprint density at radius 1 is 1.43 bits per heavy atom. The third-order valence-electron chi connectivity index (χ3n) is 4.19. The van der Waals surface area contributed by atoms with E-state index < -0.39 is 0 Å². The molecule has 3 aliphatic carbocycles. The summed E-state index contributed by atoms with van der Waals surface area (Å²) in [6.07, 6.45) is 2.36. The van der Waals surface area contributed by atoms with Gasteiger partial charge in [-0.15, -0.1) is 0 Å². The Hall–Kier alpha value is 0.160. The maximum atomic E-state index is 11.6. The number of ether oxygens (including phenoxy) is 1. The van der Waals surface area contributed by atoms with E-state index in [1.54, 1.807) is 0 Å². The number of carbonyl (C=O) groups excluding carboxylic acids is 1. The molecule has 3 saturated carbocycles. The second kappa shape index (κ2) is 3.07. The van der Waals surface area contributed by atoms with Crippen LogP contribution in [0.25, 0.3) is 0 Å². The molecule has 78 valence electrons. The molecule has 0 spiro atoms. The van der Waals surface area contributed by atoms with E-state index in [1.807, 2.05) is 0 Å². The van der Waals surface area contributed by atoms with Crippen LogP contribution < -0.4 is 0 Å². The summed E-state index contributed by atoms with van der Waals surface area (Å²) in [5.41, 5.74) is 0. The highest BCUT2D eigenvalue weighted by atomic mass is 127. The van der Waals surface area contributed by atoms with Gasteiger partial charge in [-0.25, -0.2) is 0 Å². The summed E-state index contributed by atoms with van der Waals surface area (Å²) in [6, 6.07) is 0. The van der Waals surface area contributed by atoms with Crippen molar-refractivity contribution in [3.63, 3.8) is 0 Å². The zero-order chi connectivity index (χ0) is 9.87. The van der Waals surface area contributed by atoms with Gasteiger partial charge in [0.25, 0.3) is 0 Å². The molecule has 3 nitrogen and oxygen atoms in total. The minimum Gasteiger partial charge on any atom is -0.461 e. The lowest BCUT2D eigenvalue weighted by Gasteiger charge is -2.57. The lowest BCUT2D eigenvalue weighted by atomic mass is 9.56. The number of carbonyl (C=O) groups is 1. The van der Waals surface area contributed by atoms with E-state index in [1.165, 1.54) is 0 Å². The van der Waals surface area contributed by atoms with E-state index in [0.29, 0.717) is 15.8 Å². The minimum atomic E-state index is -0.0529. The number of aliphatic hydroxyl groups is 1. The monoisotopic (exact) mass is 308 g/mol. The third-order valence-corrected chi connectivity index (χ3v) is 5.82. The van der Waals surface area contributed by atoms with E-state index in [4.69, 9.17) is 4.74 Å². The topological polar surface area (TPSA) is 46.5 Å². The maximum absolute atomic E-state index is 11.6. The second-order valence-electron chi connectivity index (χ2n) is 4.62. The molecule has 5 fully saturated rings. The summed E-state index contributed by atoms with van der Waals surface area (Å²) in [5.74, 6) is 1.01. The third kappa shape index (κ3) is 0.988. The van der Waals surface area contributed by atoms with Gasteiger partial charge in [-0.05, 0) is 18.8 Å². The number of halogens is 1. The van der Waals surface area contributed by atoms with Gasteiger partial charge in [-0.1, -0.05) is 22.6 Å². The molecule has 5 aliphatic rings. The lowest BCUT2D eigenvalue weighted by molar-refractivity contribution is -0.205. The lowest BCUT2D eigenvalue weighted by Crippen LogP contribution is -2.64. The molecule has 0 aromatic carbocycles. The first-order chi connectivity index (χ1) is 6.74. The Balaban J connectivity index is 2.01. The fourth-order valence-corrected chi connectivity index (χ4v) is 5.06. The van der Waals surface area contributed by atoms with E-state index >= 15 is 0 Å². The smallest absolute Gasteiger partial charge is 0.309 e. The maximum Gasteiger partial charge on any atom is 0.309 e. The first kappa shape index (κ1) is 9.39. The number of fused-ring (bicyclic) bond motifs is 2. The Bertz CT molecular complexity index is 275. The first-order valence-corrected chi connectivity index (χ1v) is 6.44. The van der Waals surface area contributed by atoms with Crippen molar-refractivity contribution in [2.75, 3.05) is 6.61 Å². The highest BCUT2D eigenvalue weighted by molar-refractivity contribution is 14.1. The van der Waals surface area contributed by atoms with Crippen LogP contribution in [-0.4, -0.2) is 27.7 Å². The van der Waals surface area contributed by atoms with Crippen LogP contribution in [0.4, 0.5) is 0 Å². The van der Waals surface area contributed by atoms with Crippen LogP contribution >= 0.6 is 22.6 Å². The zero-order valence-electron chi connectivity index (χ0n) is 7.73. The number of rotatable bonds is 1. The van der Waals surface area contributed by atoms with Crippen LogP contribution in [-0.2, 0) is 9.53 Å². The normalized spacial score (nSPS) is 54.9. The summed E-state index contributed by atoms with van der Waals surface area (Å²) in [5, 5.41) is 9.33. The SMILES string of the molecule is O=C1O[C@@H]2[C@H](I)[C@H]3CC[C@H]2[C@H](CO)[C@H]13. The van der Waals surface area contributed by atoms with Crippen molar-refractivity contribution in [3.05, 3.63) is 0 Å². The zero-order valence-corrected chi connectivity index (χ0v) is 9.88. The Labute approximate surface area is 96.3 Å². The summed E-state index contributed by atoms with van der Waals surface area (Å²) < 4.78 is 5.89. The molecule has 4 bridgehead atoms. The fraction of sp³-hybridized carbons (Fsp3) is 0.900. The molecule has 4 heteroatoms. The predicted octanol–water partition coefficient (Wildman–Crippen LogP) is 0.980. The van der Waals surface area contributed by atoms with E-state index in [-0.39, 0.29) is 30.5 Å². The summed E-state index contributed by atoms with van der Waals surface area (Å²) in [7, 11) is 0. The van der Waals surface area contributed by atoms with E-state index in [9.17, 15) is 9.90 Å². The van der Waals surface area contributed by atoms with Gasteiger partial charge in [0, 0.05) is 18.4 Å². The van der Waals surface area contributed by atoms with Crippen molar-refractivity contribution in [2.45, 2.75) is 22.9 Å². The number of hydrogen-bond donors (Lipinski definition) is 1. The van der Waals surface area contributed by atoms with Crippen LogP contribution in [0, 0.1) is 23.7 Å². The van der Waals surface area contributed by atoms with E-state index in [2.05, 4.69) is 22.6 Å². The molecule has 0 amide bonds. The summed E-state index contributed by atoms with van der Waals surface area (Å²) in [4.78, 5) is 11.6. The molecule has 0 unspecified atom stereocenters. The molecule has 5 rings (SSSR count). The average molecular weight is 308 g/mol. The standard InChI is InChI=1S/C10H13IO3/c11-8-5-2-1-4-6(3-12)7(5)10(13)14-9(4)8/h4-9,12H,1-3H2/t4-,5-,6-,7+,8+,9-/m0/s1. The number of aliphatic hydroxyl groups excluding tert-OH is 1. The molecule has 0 radical (unpaired) electrons. The minimum absolute atomic E-state index is 0.00866. The average Bonchev–Trinajstić information content (AvgIpc) is 2.20. The van der Waals surface area contributed by atoms with Crippen LogP contribution in [0.5, 0.6) is 0 Å². The van der Waals surface area contributed by atoms with Crippen molar-refractivity contribution in [2.24, 2.45) is 23.7 Å². The van der Waals surface area contributed by atoms with Gasteiger partial charge in [0.1, 0.15) is 6.10 Å². The molecular weight excluding hydrogens is 295 g/mol. The predicted molar refractivity (Wildman–Crippen MR) is 58.0 cm³/mol. The van der Waals surface area contributed by atoms with Gasteiger partial charge in [-0.3, -0.25) is 4.79 Å². The fourth-order valence-electron chi connectivity index (χ4n) is 3.57. The Kier molecular flexibility index (Phi) is 2.06. The number of hydrogen-bond acceptors (Lipinski definition) is 3. The molecule has 2 saturated heterocycles. The second-order valence-corrected chi connectivity index (χ2v) is 6.06. The molecule has 1 N–H and O–H groups in total. The highest BCUT2D eigenvalue weighted by Gasteiger charge is 2.61. The number of esters is 1. The highest BCUT2D eigenvalue weighted by Crippen LogP contribution is 2.56. The molecule has 2 heterocycles. The van der Waals surface area contributed by atoms with Gasteiger partial charge >= 0.3 is 5.97 Å². The van der Waals surface area contributed by atoms with Gasteiger partial charge in [0.2, 0.25) is 0 Å². The molecule has 0 aromatic heterocycles. The molecule has 2 aliphatic heterocycles. The largest absolute Gasteiger partial charge is 0.461 e. The van der Waals surface area contributed by atoms with Gasteiger partial charge in [0.15, 0.2) is 0 Å². The van der Waals surface area contributed by atoms with Crippen molar-refractivity contribution in [1.29, 1.82) is 0 Å². The Morgan fingerprint density at radius 3 is 2.79 bits per heavy atom. The van der Waals surface area contributed by atoms with Crippen LogP contribution in [0.2, 0.25) is 0 Å². The van der Waals surface area contributed by atoms with Gasteiger partial charge in [-0.2, -0.15) is 0 Å². The van der Waals surface area contributed by atoms with E-state index in [0.717, 1.165) is 12.8 Å². The Morgan fingerprint density at radius 2 is 2.14 bits per heavy atom. The summed E-state index contributed by atoms with van der Waals surface area (Å²) >= 11 is 2.42.